The van der Waals surface area contributed by atoms with Crippen LogP contribution in [0, 0.1) is 13.8 Å². The van der Waals surface area contributed by atoms with Gasteiger partial charge in [-0.15, -0.1) is 0 Å². The second kappa shape index (κ2) is 5.55. The van der Waals surface area contributed by atoms with Crippen molar-refractivity contribution in [1.82, 2.24) is 9.97 Å². The van der Waals surface area contributed by atoms with Crippen LogP contribution in [0.3, 0.4) is 0 Å². The van der Waals surface area contributed by atoms with Gasteiger partial charge < -0.3 is 5.32 Å². The minimum atomic E-state index is 0.471. The number of hydrogen-bond donors (Lipinski definition) is 1. The van der Waals surface area contributed by atoms with Crippen LogP contribution in [0.2, 0.25) is 5.15 Å². The molecule has 0 fully saturated rings. The van der Waals surface area contributed by atoms with Gasteiger partial charge in [-0.2, -0.15) is 0 Å². The van der Waals surface area contributed by atoms with Crippen molar-refractivity contribution in [2.24, 2.45) is 0 Å². The van der Waals surface area contributed by atoms with Crippen molar-refractivity contribution in [2.45, 2.75) is 13.8 Å². The molecule has 6 heteroatoms. The Balaban J connectivity index is 2.40. The standard InChI is InChI=1S/C12H10Br2ClN3/c1-6-11(15)16-7(2)17-12(6)18-10-4-3-8(13)5-9(10)14/h3-5H,1-2H3,(H,16,17,18). The van der Waals surface area contributed by atoms with Crippen LogP contribution in [0.15, 0.2) is 27.1 Å². The van der Waals surface area contributed by atoms with Gasteiger partial charge in [-0.25, -0.2) is 9.97 Å². The number of nitrogens with zero attached hydrogens (tertiary/aromatic N) is 2. The summed E-state index contributed by atoms with van der Waals surface area (Å²) in [6, 6.07) is 5.88. The van der Waals surface area contributed by atoms with Gasteiger partial charge >= 0.3 is 0 Å². The van der Waals surface area contributed by atoms with Crippen molar-refractivity contribution in [3.63, 3.8) is 0 Å². The fourth-order valence-electron chi connectivity index (χ4n) is 1.43. The van der Waals surface area contributed by atoms with Gasteiger partial charge in [-0.1, -0.05) is 27.5 Å². The molecule has 0 unspecified atom stereocenters. The SMILES string of the molecule is Cc1nc(Cl)c(C)c(Nc2ccc(Br)cc2Br)n1. The summed E-state index contributed by atoms with van der Waals surface area (Å²) in [5, 5.41) is 3.72. The fourth-order valence-corrected chi connectivity index (χ4v) is 2.79. The molecule has 0 spiro atoms. The third-order valence-corrected chi connectivity index (χ3v) is 3.90. The molecule has 0 bridgehead atoms. The molecule has 1 aromatic heterocycles. The second-order valence-corrected chi connectivity index (χ2v) is 5.91. The molecule has 18 heavy (non-hydrogen) atoms. The number of aryl methyl sites for hydroxylation is 1. The van der Waals surface area contributed by atoms with E-state index in [-0.39, 0.29) is 0 Å². The van der Waals surface area contributed by atoms with Crippen molar-refractivity contribution in [3.05, 3.63) is 43.7 Å². The van der Waals surface area contributed by atoms with E-state index >= 15 is 0 Å². The number of aromatic nitrogens is 2. The van der Waals surface area contributed by atoms with Crippen molar-refractivity contribution >= 4 is 55.0 Å². The monoisotopic (exact) mass is 389 g/mol. The zero-order chi connectivity index (χ0) is 13.3. The highest BCUT2D eigenvalue weighted by Crippen LogP contribution is 2.30. The molecule has 0 radical (unpaired) electrons. The summed E-state index contributed by atoms with van der Waals surface area (Å²) >= 11 is 13.0. The van der Waals surface area contributed by atoms with Crippen molar-refractivity contribution in [3.8, 4) is 0 Å². The highest BCUT2D eigenvalue weighted by atomic mass is 79.9. The van der Waals surface area contributed by atoms with E-state index in [9.17, 15) is 0 Å². The molecule has 0 aliphatic heterocycles. The smallest absolute Gasteiger partial charge is 0.138 e. The largest absolute Gasteiger partial charge is 0.339 e. The summed E-state index contributed by atoms with van der Waals surface area (Å²) in [5.74, 6) is 1.36. The summed E-state index contributed by atoms with van der Waals surface area (Å²) in [4.78, 5) is 8.46. The first-order chi connectivity index (χ1) is 8.47. The van der Waals surface area contributed by atoms with Gasteiger partial charge in [0.25, 0.3) is 0 Å². The summed E-state index contributed by atoms with van der Waals surface area (Å²) in [6.45, 7) is 3.70. The van der Waals surface area contributed by atoms with Gasteiger partial charge in [0.15, 0.2) is 0 Å². The molecule has 0 saturated heterocycles. The van der Waals surface area contributed by atoms with Gasteiger partial charge in [-0.05, 0) is 48.0 Å². The molecular formula is C12H10Br2ClN3. The molecule has 0 amide bonds. The quantitative estimate of drug-likeness (QED) is 0.731. The lowest BCUT2D eigenvalue weighted by molar-refractivity contribution is 1.04. The maximum atomic E-state index is 6.04. The van der Waals surface area contributed by atoms with Gasteiger partial charge in [0.05, 0.1) is 5.69 Å². The van der Waals surface area contributed by atoms with Crippen LogP contribution in [-0.2, 0) is 0 Å². The predicted molar refractivity (Wildman–Crippen MR) is 81.6 cm³/mol. The van der Waals surface area contributed by atoms with E-state index < -0.39 is 0 Å². The second-order valence-electron chi connectivity index (χ2n) is 3.78. The Kier molecular flexibility index (Phi) is 4.25. The van der Waals surface area contributed by atoms with E-state index in [1.165, 1.54) is 0 Å². The van der Waals surface area contributed by atoms with Crippen LogP contribution in [0.5, 0.6) is 0 Å². The Labute approximate surface area is 127 Å². The van der Waals surface area contributed by atoms with Crippen LogP contribution in [0.25, 0.3) is 0 Å². The average Bonchev–Trinajstić information content (AvgIpc) is 2.29. The minimum absolute atomic E-state index is 0.471. The highest BCUT2D eigenvalue weighted by molar-refractivity contribution is 9.11. The maximum Gasteiger partial charge on any atom is 0.138 e. The van der Waals surface area contributed by atoms with E-state index in [0.717, 1.165) is 26.0 Å². The summed E-state index contributed by atoms with van der Waals surface area (Å²) in [6.07, 6.45) is 0. The Morgan fingerprint density at radius 3 is 2.56 bits per heavy atom. The van der Waals surface area contributed by atoms with E-state index in [2.05, 4.69) is 47.1 Å². The molecule has 3 nitrogen and oxygen atoms in total. The Morgan fingerprint density at radius 1 is 1.17 bits per heavy atom. The zero-order valence-corrected chi connectivity index (χ0v) is 13.7. The first-order valence-electron chi connectivity index (χ1n) is 5.20. The van der Waals surface area contributed by atoms with Gasteiger partial charge in [-0.3, -0.25) is 0 Å². The van der Waals surface area contributed by atoms with Gasteiger partial charge in [0.1, 0.15) is 16.8 Å². The summed E-state index contributed by atoms with van der Waals surface area (Å²) < 4.78 is 1.96. The van der Waals surface area contributed by atoms with E-state index in [0.29, 0.717) is 11.0 Å². The van der Waals surface area contributed by atoms with Gasteiger partial charge in [0.2, 0.25) is 0 Å². The third-order valence-electron chi connectivity index (χ3n) is 2.38. The maximum absolute atomic E-state index is 6.04. The van der Waals surface area contributed by atoms with Gasteiger partial charge in [0, 0.05) is 14.5 Å². The molecule has 2 rings (SSSR count). The first-order valence-corrected chi connectivity index (χ1v) is 7.16. The summed E-state index contributed by atoms with van der Waals surface area (Å²) in [5.41, 5.74) is 1.76. The van der Waals surface area contributed by atoms with E-state index in [1.54, 1.807) is 0 Å². The number of hydrogen-bond acceptors (Lipinski definition) is 3. The topological polar surface area (TPSA) is 37.8 Å². The third kappa shape index (κ3) is 3.02. The number of anilines is 2. The molecule has 0 aliphatic rings. The molecule has 0 aliphatic carbocycles. The van der Waals surface area contributed by atoms with Crippen molar-refractivity contribution < 1.29 is 0 Å². The Hall–Kier alpha value is -0.650. The molecular weight excluding hydrogens is 381 g/mol. The molecule has 0 atom stereocenters. The normalized spacial score (nSPS) is 10.5. The fraction of sp³-hybridized carbons (Fsp3) is 0.167. The lowest BCUT2D eigenvalue weighted by Gasteiger charge is -2.11. The van der Waals surface area contributed by atoms with Crippen LogP contribution < -0.4 is 5.32 Å². The van der Waals surface area contributed by atoms with Crippen LogP contribution in [0.1, 0.15) is 11.4 Å². The molecule has 1 aromatic carbocycles. The van der Waals surface area contributed by atoms with Crippen molar-refractivity contribution in [2.75, 3.05) is 5.32 Å². The predicted octanol–water partition coefficient (Wildman–Crippen LogP) is 5.02. The first kappa shape index (κ1) is 13.8. The van der Waals surface area contributed by atoms with E-state index in [1.807, 2.05) is 32.0 Å². The summed E-state index contributed by atoms with van der Waals surface area (Å²) in [7, 11) is 0. The lowest BCUT2D eigenvalue weighted by atomic mass is 10.3. The highest BCUT2D eigenvalue weighted by Gasteiger charge is 2.09. The lowest BCUT2D eigenvalue weighted by Crippen LogP contribution is -2.01. The number of rotatable bonds is 2. The van der Waals surface area contributed by atoms with Crippen molar-refractivity contribution in [1.29, 1.82) is 0 Å². The number of halogens is 3. The number of nitrogens with one attached hydrogen (secondary N) is 1. The molecule has 94 valence electrons. The molecule has 1 heterocycles. The van der Waals surface area contributed by atoms with Crippen LogP contribution >= 0.6 is 43.5 Å². The molecule has 0 saturated carbocycles. The average molecular weight is 391 g/mol. The molecule has 1 N–H and O–H groups in total. The van der Waals surface area contributed by atoms with Crippen LogP contribution in [0.4, 0.5) is 11.5 Å². The minimum Gasteiger partial charge on any atom is -0.339 e. The zero-order valence-electron chi connectivity index (χ0n) is 9.76. The van der Waals surface area contributed by atoms with Crippen LogP contribution in [-0.4, -0.2) is 9.97 Å². The Bertz CT molecular complexity index is 602. The molecule has 2 aromatic rings. The Morgan fingerprint density at radius 2 is 1.89 bits per heavy atom. The number of benzene rings is 1. The van der Waals surface area contributed by atoms with E-state index in [4.69, 9.17) is 11.6 Å².